The van der Waals surface area contributed by atoms with Crippen LogP contribution in [0.5, 0.6) is 0 Å². The molecule has 0 saturated carbocycles. The van der Waals surface area contributed by atoms with E-state index in [1.165, 1.54) is 23.5 Å². The molecule has 2 aromatic rings. The Morgan fingerprint density at radius 1 is 1.41 bits per heavy atom. The molecule has 1 saturated heterocycles. The van der Waals surface area contributed by atoms with E-state index in [1.54, 1.807) is 17.5 Å². The molecule has 9 heteroatoms. The van der Waals surface area contributed by atoms with Crippen molar-refractivity contribution in [1.29, 1.82) is 0 Å². The van der Waals surface area contributed by atoms with E-state index in [0.717, 1.165) is 39.0 Å². The van der Waals surface area contributed by atoms with Crippen molar-refractivity contribution in [2.45, 2.75) is 19.8 Å². The van der Waals surface area contributed by atoms with Crippen molar-refractivity contribution in [3.63, 3.8) is 0 Å². The fourth-order valence-corrected chi connectivity index (χ4v) is 3.90. The molecule has 0 bridgehead atoms. The molecular formula is C18H23ClN4O3S. The first-order chi connectivity index (χ1) is 12.6. The van der Waals surface area contributed by atoms with E-state index < -0.39 is 4.92 Å². The first-order valence-electron chi connectivity index (χ1n) is 8.78. The molecule has 0 atom stereocenters. The number of halogens is 1. The average Bonchev–Trinajstić information content (AvgIpc) is 3.16. The smallest absolute Gasteiger partial charge is 0.273 e. The summed E-state index contributed by atoms with van der Waals surface area (Å²) in [6.45, 7) is 5.57. The van der Waals surface area contributed by atoms with Crippen LogP contribution in [0.1, 0.15) is 30.3 Å². The third-order valence-electron chi connectivity index (χ3n) is 4.61. The van der Waals surface area contributed by atoms with Crippen molar-refractivity contribution in [1.82, 2.24) is 15.2 Å². The lowest BCUT2D eigenvalue weighted by Crippen LogP contribution is -2.40. The number of benzene rings is 1. The van der Waals surface area contributed by atoms with Gasteiger partial charge in [-0.2, -0.15) is 0 Å². The predicted octanol–water partition coefficient (Wildman–Crippen LogP) is 3.60. The summed E-state index contributed by atoms with van der Waals surface area (Å²) in [5, 5.41) is 16.6. The summed E-state index contributed by atoms with van der Waals surface area (Å²) in [5.41, 5.74) is 1.10. The summed E-state index contributed by atoms with van der Waals surface area (Å²) >= 11 is 1.34. The lowest BCUT2D eigenvalue weighted by atomic mass is 9.96. The Kier molecular flexibility index (Phi) is 7.70. The number of hydrogen-bond acceptors (Lipinski definition) is 6. The molecular weight excluding hydrogens is 388 g/mol. The summed E-state index contributed by atoms with van der Waals surface area (Å²) in [4.78, 5) is 29.4. The number of hydrogen-bond donors (Lipinski definition) is 1. The van der Waals surface area contributed by atoms with Crippen molar-refractivity contribution in [3.8, 4) is 10.6 Å². The Morgan fingerprint density at radius 3 is 2.81 bits per heavy atom. The van der Waals surface area contributed by atoms with Crippen LogP contribution in [-0.2, 0) is 0 Å². The van der Waals surface area contributed by atoms with Crippen molar-refractivity contribution >= 4 is 35.3 Å². The van der Waals surface area contributed by atoms with Gasteiger partial charge in [0.25, 0.3) is 11.6 Å². The van der Waals surface area contributed by atoms with Gasteiger partial charge >= 0.3 is 0 Å². The number of non-ortho nitro benzene ring substituents is 1. The summed E-state index contributed by atoms with van der Waals surface area (Å²) < 4.78 is 0. The van der Waals surface area contributed by atoms with Crippen LogP contribution in [0.2, 0.25) is 0 Å². The van der Waals surface area contributed by atoms with Crippen molar-refractivity contribution in [2.24, 2.45) is 5.92 Å². The number of carbonyl (C=O) groups is 1. The minimum absolute atomic E-state index is 0. The largest absolute Gasteiger partial charge is 0.337 e. The summed E-state index contributed by atoms with van der Waals surface area (Å²) in [6, 6.07) is 6.33. The molecule has 7 nitrogen and oxygen atoms in total. The van der Waals surface area contributed by atoms with Gasteiger partial charge in [-0.1, -0.05) is 19.1 Å². The monoisotopic (exact) mass is 410 g/mol. The van der Waals surface area contributed by atoms with E-state index >= 15 is 0 Å². The molecule has 3 rings (SSSR count). The number of likely N-dealkylation sites (tertiary alicyclic amines) is 1. The highest BCUT2D eigenvalue weighted by atomic mass is 35.5. The number of carbonyl (C=O) groups excluding carboxylic acids is 1. The zero-order valence-electron chi connectivity index (χ0n) is 15.1. The second-order valence-corrected chi connectivity index (χ2v) is 7.25. The van der Waals surface area contributed by atoms with E-state index in [2.05, 4.69) is 17.2 Å². The molecule has 1 aliphatic heterocycles. The molecule has 2 heterocycles. The number of nitrogens with zero attached hydrogens (tertiary/aromatic N) is 3. The summed E-state index contributed by atoms with van der Waals surface area (Å²) in [7, 11) is 0. The Balaban J connectivity index is 0.00000261. The number of amides is 1. The van der Waals surface area contributed by atoms with Gasteiger partial charge in [0.1, 0.15) is 10.7 Å². The van der Waals surface area contributed by atoms with Crippen LogP contribution < -0.4 is 5.32 Å². The molecule has 27 heavy (non-hydrogen) atoms. The standard InChI is InChI=1S/C18H22N4O3S.ClH/c1-2-19-11-13-6-8-21(9-7-13)18(23)16-12-26-17(20-16)14-4-3-5-15(10-14)22(24)25;/h3-5,10,12-13,19H,2,6-9,11H2,1H3;1H. The van der Waals surface area contributed by atoms with Crippen LogP contribution in [0.25, 0.3) is 10.6 Å². The third kappa shape index (κ3) is 5.24. The fourth-order valence-electron chi connectivity index (χ4n) is 3.11. The first-order valence-corrected chi connectivity index (χ1v) is 9.66. The van der Waals surface area contributed by atoms with E-state index in [1.807, 2.05) is 4.90 Å². The van der Waals surface area contributed by atoms with Crippen LogP contribution in [0.3, 0.4) is 0 Å². The van der Waals surface area contributed by atoms with Gasteiger partial charge in [0, 0.05) is 36.2 Å². The molecule has 1 aromatic heterocycles. The maximum absolute atomic E-state index is 12.7. The van der Waals surface area contributed by atoms with Crippen molar-refractivity contribution in [3.05, 3.63) is 45.5 Å². The highest BCUT2D eigenvalue weighted by Gasteiger charge is 2.25. The molecule has 0 unspecified atom stereocenters. The lowest BCUT2D eigenvalue weighted by Gasteiger charge is -2.31. The normalized spacial score (nSPS) is 14.6. The van der Waals surface area contributed by atoms with Gasteiger partial charge in [0.15, 0.2) is 0 Å². The molecule has 1 fully saturated rings. The number of rotatable bonds is 6. The van der Waals surface area contributed by atoms with Crippen LogP contribution in [0.4, 0.5) is 5.69 Å². The molecule has 1 amide bonds. The van der Waals surface area contributed by atoms with Crippen LogP contribution >= 0.6 is 23.7 Å². The maximum atomic E-state index is 12.7. The van der Waals surface area contributed by atoms with Gasteiger partial charge < -0.3 is 10.2 Å². The molecule has 1 aliphatic rings. The first kappa shape index (κ1) is 21.3. The topological polar surface area (TPSA) is 88.4 Å². The Morgan fingerprint density at radius 2 is 2.15 bits per heavy atom. The molecule has 1 aromatic carbocycles. The number of thiazole rings is 1. The second kappa shape index (κ2) is 9.77. The van der Waals surface area contributed by atoms with Crippen LogP contribution in [0.15, 0.2) is 29.6 Å². The van der Waals surface area contributed by atoms with Crippen LogP contribution in [-0.4, -0.2) is 46.9 Å². The van der Waals surface area contributed by atoms with Gasteiger partial charge in [-0.3, -0.25) is 14.9 Å². The van der Waals surface area contributed by atoms with Crippen molar-refractivity contribution in [2.75, 3.05) is 26.2 Å². The molecule has 0 aliphatic carbocycles. The van der Waals surface area contributed by atoms with E-state index in [4.69, 9.17) is 0 Å². The zero-order chi connectivity index (χ0) is 18.5. The van der Waals surface area contributed by atoms with Crippen molar-refractivity contribution < 1.29 is 9.72 Å². The van der Waals surface area contributed by atoms with Gasteiger partial charge in [-0.25, -0.2) is 4.98 Å². The molecule has 1 N–H and O–H groups in total. The number of nitrogens with one attached hydrogen (secondary N) is 1. The third-order valence-corrected chi connectivity index (χ3v) is 5.50. The van der Waals surface area contributed by atoms with Gasteiger partial charge in [0.2, 0.25) is 0 Å². The fraction of sp³-hybridized carbons (Fsp3) is 0.444. The lowest BCUT2D eigenvalue weighted by molar-refractivity contribution is -0.384. The number of nitro groups is 1. The predicted molar refractivity (Wildman–Crippen MR) is 109 cm³/mol. The number of aromatic nitrogens is 1. The molecule has 0 radical (unpaired) electrons. The van der Waals surface area contributed by atoms with E-state index in [0.29, 0.717) is 22.2 Å². The Hall–Kier alpha value is -2.03. The quantitative estimate of drug-likeness (QED) is 0.580. The van der Waals surface area contributed by atoms with Gasteiger partial charge in [-0.05, 0) is 31.8 Å². The highest BCUT2D eigenvalue weighted by Crippen LogP contribution is 2.28. The van der Waals surface area contributed by atoms with Gasteiger partial charge in [-0.15, -0.1) is 23.7 Å². The van der Waals surface area contributed by atoms with E-state index in [-0.39, 0.29) is 24.0 Å². The zero-order valence-corrected chi connectivity index (χ0v) is 16.7. The Bertz CT molecular complexity index is 790. The molecule has 0 spiro atoms. The van der Waals surface area contributed by atoms with Gasteiger partial charge in [0.05, 0.1) is 4.92 Å². The maximum Gasteiger partial charge on any atom is 0.273 e. The minimum atomic E-state index is -0.430. The van der Waals surface area contributed by atoms with E-state index in [9.17, 15) is 14.9 Å². The molecule has 146 valence electrons. The average molecular weight is 411 g/mol. The number of nitro benzene ring substituents is 1. The number of piperidine rings is 1. The van der Waals surface area contributed by atoms with Crippen LogP contribution in [0, 0.1) is 16.0 Å². The Labute approximate surface area is 168 Å². The summed E-state index contributed by atoms with van der Waals surface area (Å²) in [5.74, 6) is 0.565. The SMILES string of the molecule is CCNCC1CCN(C(=O)c2csc(-c3cccc([N+](=O)[O-])c3)n2)CC1.Cl. The minimum Gasteiger partial charge on any atom is -0.337 e. The highest BCUT2D eigenvalue weighted by molar-refractivity contribution is 7.13. The summed E-state index contributed by atoms with van der Waals surface area (Å²) in [6.07, 6.45) is 2.00. The second-order valence-electron chi connectivity index (χ2n) is 6.39.